The van der Waals surface area contributed by atoms with Crippen LogP contribution in [0.25, 0.3) is 0 Å². The summed E-state index contributed by atoms with van der Waals surface area (Å²) in [7, 11) is -3.94. The quantitative estimate of drug-likeness (QED) is 0.611. The molecule has 0 bridgehead atoms. The van der Waals surface area contributed by atoms with Crippen LogP contribution in [0.4, 0.5) is 19.0 Å². The van der Waals surface area contributed by atoms with E-state index in [-0.39, 0.29) is 44.0 Å². The molecule has 1 aliphatic rings. The lowest BCUT2D eigenvalue weighted by Crippen LogP contribution is -2.51. The first-order valence-corrected chi connectivity index (χ1v) is 10.7. The molecule has 0 saturated carbocycles. The summed E-state index contributed by atoms with van der Waals surface area (Å²) in [6.07, 6.45) is -1.63. The fourth-order valence-corrected chi connectivity index (χ4v) is 4.31. The molecule has 0 unspecified atom stereocenters. The van der Waals surface area contributed by atoms with Gasteiger partial charge < -0.3 is 11.1 Å². The van der Waals surface area contributed by atoms with Gasteiger partial charge in [0.2, 0.25) is 0 Å². The number of hydrogen-bond acceptors (Lipinski definition) is 6. The summed E-state index contributed by atoms with van der Waals surface area (Å²) in [6, 6.07) is 4.80. The van der Waals surface area contributed by atoms with Gasteiger partial charge in [-0.25, -0.2) is 15.1 Å². The first-order chi connectivity index (χ1) is 14.4. The molecular formula is C18H21F3N6O3S. The molecule has 31 heavy (non-hydrogen) atoms. The van der Waals surface area contributed by atoms with Crippen molar-refractivity contribution in [2.45, 2.75) is 24.4 Å². The lowest BCUT2D eigenvalue weighted by molar-refractivity contribution is -0.137. The maximum atomic E-state index is 13.3. The molecule has 1 amide bonds. The predicted octanol–water partition coefficient (Wildman–Crippen LogP) is 1.04. The molecular weight excluding hydrogens is 437 g/mol. The summed E-state index contributed by atoms with van der Waals surface area (Å²) < 4.78 is 64.2. The van der Waals surface area contributed by atoms with Crippen LogP contribution < -0.4 is 16.2 Å². The maximum absolute atomic E-state index is 13.3. The number of anilines is 1. The van der Waals surface area contributed by atoms with Gasteiger partial charge in [-0.3, -0.25) is 4.79 Å². The van der Waals surface area contributed by atoms with Crippen molar-refractivity contribution in [1.29, 1.82) is 0 Å². The number of benzene rings is 1. The van der Waals surface area contributed by atoms with Gasteiger partial charge in [-0.15, -0.1) is 0 Å². The summed E-state index contributed by atoms with van der Waals surface area (Å²) in [5, 5.41) is 7.84. The zero-order valence-corrected chi connectivity index (χ0v) is 17.1. The average Bonchev–Trinajstić information content (AvgIpc) is 2.71. The molecule has 0 aliphatic carbocycles. The van der Waals surface area contributed by atoms with Crippen molar-refractivity contribution in [2.75, 3.05) is 25.4 Å². The molecule has 168 valence electrons. The Balaban J connectivity index is 1.91. The molecule has 1 fully saturated rings. The molecule has 0 radical (unpaired) electrons. The molecule has 1 aliphatic heterocycles. The van der Waals surface area contributed by atoms with Crippen LogP contribution in [-0.2, 0) is 21.8 Å². The van der Waals surface area contributed by atoms with E-state index in [0.717, 1.165) is 16.4 Å². The number of nitrogens with two attached hydrogens (primary N) is 2. The molecule has 2 aromatic rings. The molecule has 1 saturated heterocycles. The number of nitrogen functional groups attached to an aromatic ring is 1. The van der Waals surface area contributed by atoms with Gasteiger partial charge in [0.25, 0.3) is 16.1 Å². The van der Waals surface area contributed by atoms with Crippen molar-refractivity contribution >= 4 is 21.9 Å². The molecule has 13 heteroatoms. The second-order valence-corrected chi connectivity index (χ2v) is 8.82. The molecule has 1 aromatic heterocycles. The third kappa shape index (κ3) is 5.11. The highest BCUT2D eigenvalue weighted by atomic mass is 32.2. The number of nitrogens with zero attached hydrogens (tertiary/aromatic N) is 3. The van der Waals surface area contributed by atoms with E-state index in [2.05, 4.69) is 15.3 Å². The Kier molecular flexibility index (Phi) is 6.21. The summed E-state index contributed by atoms with van der Waals surface area (Å²) in [5.41, 5.74) is 4.11. The summed E-state index contributed by atoms with van der Waals surface area (Å²) in [6.45, 7) is -0.0575. The van der Waals surface area contributed by atoms with E-state index in [1.807, 2.05) is 0 Å². The average molecular weight is 458 g/mol. The number of alkyl halides is 3. The lowest BCUT2D eigenvalue weighted by atomic mass is 9.72. The molecule has 5 N–H and O–H groups in total. The van der Waals surface area contributed by atoms with Gasteiger partial charge in [0.05, 0.1) is 5.56 Å². The minimum atomic E-state index is -4.55. The van der Waals surface area contributed by atoms with E-state index in [1.165, 1.54) is 24.5 Å². The zero-order valence-electron chi connectivity index (χ0n) is 16.3. The van der Waals surface area contributed by atoms with Crippen LogP contribution in [0.15, 0.2) is 36.7 Å². The summed E-state index contributed by atoms with van der Waals surface area (Å²) in [5.74, 6) is -0.719. The van der Waals surface area contributed by atoms with E-state index in [1.54, 1.807) is 0 Å². The van der Waals surface area contributed by atoms with E-state index in [4.69, 9.17) is 10.9 Å². The SMILES string of the molecule is Nc1nccnc1C(=O)NCC1(c2cccc(C(F)(F)F)c2)CCN(S(N)(=O)=O)CC1. The minimum Gasteiger partial charge on any atom is -0.382 e. The maximum Gasteiger partial charge on any atom is 0.416 e. The second-order valence-electron chi connectivity index (χ2n) is 7.28. The van der Waals surface area contributed by atoms with Crippen molar-refractivity contribution < 1.29 is 26.4 Å². The summed E-state index contributed by atoms with van der Waals surface area (Å²) >= 11 is 0. The van der Waals surface area contributed by atoms with Crippen LogP contribution in [0.1, 0.15) is 34.5 Å². The summed E-state index contributed by atoms with van der Waals surface area (Å²) in [4.78, 5) is 20.2. The van der Waals surface area contributed by atoms with Gasteiger partial charge in [0.15, 0.2) is 11.5 Å². The highest BCUT2D eigenvalue weighted by Gasteiger charge is 2.40. The number of halogens is 3. The number of rotatable bonds is 5. The van der Waals surface area contributed by atoms with Crippen LogP contribution in [0.2, 0.25) is 0 Å². The Bertz CT molecular complexity index is 1070. The Morgan fingerprint density at radius 2 is 1.84 bits per heavy atom. The number of piperidine rings is 1. The molecule has 1 aromatic carbocycles. The van der Waals surface area contributed by atoms with E-state index < -0.39 is 33.3 Å². The van der Waals surface area contributed by atoms with Crippen molar-refractivity contribution in [1.82, 2.24) is 19.6 Å². The van der Waals surface area contributed by atoms with Gasteiger partial charge in [-0.1, -0.05) is 18.2 Å². The van der Waals surface area contributed by atoms with Crippen LogP contribution >= 0.6 is 0 Å². The molecule has 2 heterocycles. The molecule has 0 atom stereocenters. The van der Waals surface area contributed by atoms with Crippen LogP contribution in [0.3, 0.4) is 0 Å². The second kappa shape index (κ2) is 8.40. The zero-order chi connectivity index (χ0) is 22.9. The van der Waals surface area contributed by atoms with Gasteiger partial charge in [-0.2, -0.15) is 25.9 Å². The first kappa shape index (κ1) is 22.9. The highest BCUT2D eigenvalue weighted by molar-refractivity contribution is 7.86. The van der Waals surface area contributed by atoms with Crippen molar-refractivity contribution in [2.24, 2.45) is 5.14 Å². The van der Waals surface area contributed by atoms with E-state index in [0.29, 0.717) is 5.56 Å². The van der Waals surface area contributed by atoms with Crippen LogP contribution in [0, 0.1) is 0 Å². The minimum absolute atomic E-state index is 0.00176. The van der Waals surface area contributed by atoms with Gasteiger partial charge in [0, 0.05) is 37.4 Å². The normalized spacial score (nSPS) is 17.3. The molecule has 3 rings (SSSR count). The smallest absolute Gasteiger partial charge is 0.382 e. The number of carbonyl (C=O) groups is 1. The predicted molar refractivity (Wildman–Crippen MR) is 106 cm³/mol. The third-order valence-electron chi connectivity index (χ3n) is 5.37. The van der Waals surface area contributed by atoms with Gasteiger partial charge in [0.1, 0.15) is 0 Å². The first-order valence-electron chi connectivity index (χ1n) is 9.23. The topological polar surface area (TPSA) is 144 Å². The largest absolute Gasteiger partial charge is 0.416 e. The van der Waals surface area contributed by atoms with Gasteiger partial charge in [-0.05, 0) is 24.5 Å². The lowest BCUT2D eigenvalue weighted by Gasteiger charge is -2.41. The van der Waals surface area contributed by atoms with Crippen molar-refractivity contribution in [3.05, 3.63) is 53.5 Å². The molecule has 9 nitrogen and oxygen atoms in total. The number of nitrogens with one attached hydrogen (secondary N) is 1. The van der Waals surface area contributed by atoms with Gasteiger partial charge >= 0.3 is 6.18 Å². The number of hydrogen-bond donors (Lipinski definition) is 3. The van der Waals surface area contributed by atoms with Crippen molar-refractivity contribution in [3.8, 4) is 0 Å². The Hall–Kier alpha value is -2.77. The van der Waals surface area contributed by atoms with E-state index in [9.17, 15) is 26.4 Å². The highest BCUT2D eigenvalue weighted by Crippen LogP contribution is 2.38. The van der Waals surface area contributed by atoms with Crippen molar-refractivity contribution in [3.63, 3.8) is 0 Å². The fourth-order valence-electron chi connectivity index (χ4n) is 3.62. The Morgan fingerprint density at radius 3 is 2.42 bits per heavy atom. The fraction of sp³-hybridized carbons (Fsp3) is 0.389. The monoisotopic (exact) mass is 458 g/mol. The third-order valence-corrected chi connectivity index (χ3v) is 6.46. The Morgan fingerprint density at radius 1 is 1.19 bits per heavy atom. The molecule has 0 spiro atoms. The number of amides is 1. The standard InChI is InChI=1S/C18H21F3N6O3S/c19-18(20,21)13-3-1-2-12(10-13)17(4-8-27(9-5-17)31(23,29)30)11-26-16(28)14-15(22)25-7-6-24-14/h1-3,6-7,10H,4-5,8-9,11H2,(H2,22,25)(H,26,28)(H2,23,29,30). The number of carbonyl (C=O) groups excluding carboxylic acids is 1. The number of aromatic nitrogens is 2. The van der Waals surface area contributed by atoms with Crippen LogP contribution in [0.5, 0.6) is 0 Å². The van der Waals surface area contributed by atoms with Crippen LogP contribution in [-0.4, -0.2) is 48.2 Å². The van der Waals surface area contributed by atoms with E-state index >= 15 is 0 Å². The Labute approximate surface area is 176 Å².